The molecule has 4 nitrogen and oxygen atoms in total. The van der Waals surface area contributed by atoms with Crippen LogP contribution in [0.4, 0.5) is 4.79 Å². The van der Waals surface area contributed by atoms with Crippen molar-refractivity contribution in [3.63, 3.8) is 0 Å². The van der Waals surface area contributed by atoms with Gasteiger partial charge in [-0.05, 0) is 45.4 Å². The molecule has 0 aliphatic carbocycles. The Morgan fingerprint density at radius 1 is 1.32 bits per heavy atom. The lowest BCUT2D eigenvalue weighted by Crippen LogP contribution is -2.32. The molecule has 1 heterocycles. The highest BCUT2D eigenvalue weighted by atomic mass is 16.6. The normalized spacial score (nSPS) is 10.7. The van der Waals surface area contributed by atoms with Gasteiger partial charge < -0.3 is 10.1 Å². The van der Waals surface area contributed by atoms with Crippen LogP contribution in [0.1, 0.15) is 31.9 Å². The standard InChI is InChI=1S/C18H20N2O2/c1-13-14(9-10-15-8-6-11-19-16(13)15)7-5-12-20-17(21)22-18(2,3)4/h6,8-11H,12H2,1-4H3,(H,20,21). The number of hydrogen-bond donors (Lipinski definition) is 1. The highest BCUT2D eigenvalue weighted by Crippen LogP contribution is 2.18. The molecule has 0 radical (unpaired) electrons. The van der Waals surface area contributed by atoms with Gasteiger partial charge in [-0.15, -0.1) is 0 Å². The topological polar surface area (TPSA) is 51.2 Å². The van der Waals surface area contributed by atoms with Crippen molar-refractivity contribution in [2.45, 2.75) is 33.3 Å². The minimum Gasteiger partial charge on any atom is -0.444 e. The first kappa shape index (κ1) is 15.8. The third-order valence-electron chi connectivity index (χ3n) is 2.97. The number of carbonyl (C=O) groups is 1. The summed E-state index contributed by atoms with van der Waals surface area (Å²) in [6, 6.07) is 7.91. The zero-order valence-electron chi connectivity index (χ0n) is 13.4. The molecule has 1 aromatic carbocycles. The number of amides is 1. The Morgan fingerprint density at radius 3 is 2.82 bits per heavy atom. The van der Waals surface area contributed by atoms with Crippen LogP contribution in [0, 0.1) is 18.8 Å². The van der Waals surface area contributed by atoms with Gasteiger partial charge in [-0.25, -0.2) is 4.79 Å². The Balaban J connectivity index is 2.03. The van der Waals surface area contributed by atoms with Crippen LogP contribution in [0.2, 0.25) is 0 Å². The van der Waals surface area contributed by atoms with E-state index in [2.05, 4.69) is 22.1 Å². The van der Waals surface area contributed by atoms with Crippen LogP contribution in [0.5, 0.6) is 0 Å². The first-order valence-electron chi connectivity index (χ1n) is 7.17. The van der Waals surface area contributed by atoms with Crippen LogP contribution >= 0.6 is 0 Å². The highest BCUT2D eigenvalue weighted by molar-refractivity contribution is 5.83. The number of nitrogens with one attached hydrogen (secondary N) is 1. The summed E-state index contributed by atoms with van der Waals surface area (Å²) >= 11 is 0. The number of fused-ring (bicyclic) bond motifs is 1. The van der Waals surface area contributed by atoms with Crippen molar-refractivity contribution in [1.29, 1.82) is 0 Å². The number of benzene rings is 1. The van der Waals surface area contributed by atoms with E-state index in [0.29, 0.717) is 0 Å². The average molecular weight is 296 g/mol. The van der Waals surface area contributed by atoms with Crippen molar-refractivity contribution in [2.75, 3.05) is 6.54 Å². The van der Waals surface area contributed by atoms with Crippen LogP contribution in [-0.2, 0) is 4.74 Å². The van der Waals surface area contributed by atoms with Gasteiger partial charge in [-0.3, -0.25) is 4.98 Å². The molecule has 1 N–H and O–H groups in total. The fourth-order valence-corrected chi connectivity index (χ4v) is 2.00. The molecule has 0 unspecified atom stereocenters. The van der Waals surface area contributed by atoms with Gasteiger partial charge in [0.15, 0.2) is 0 Å². The van der Waals surface area contributed by atoms with Gasteiger partial charge in [0.1, 0.15) is 5.60 Å². The molecule has 0 spiro atoms. The van der Waals surface area contributed by atoms with Crippen molar-refractivity contribution in [3.05, 3.63) is 41.6 Å². The Morgan fingerprint density at radius 2 is 2.09 bits per heavy atom. The van der Waals surface area contributed by atoms with E-state index in [4.69, 9.17) is 4.74 Å². The molecule has 1 amide bonds. The second kappa shape index (κ2) is 6.48. The molecule has 4 heteroatoms. The number of alkyl carbamates (subject to hydrolysis) is 1. The van der Waals surface area contributed by atoms with Crippen molar-refractivity contribution >= 4 is 17.0 Å². The number of hydrogen-bond acceptors (Lipinski definition) is 3. The van der Waals surface area contributed by atoms with E-state index < -0.39 is 11.7 Å². The Labute approximate surface area is 130 Å². The lowest BCUT2D eigenvalue weighted by molar-refractivity contribution is 0.0535. The van der Waals surface area contributed by atoms with Crippen molar-refractivity contribution in [2.24, 2.45) is 0 Å². The highest BCUT2D eigenvalue weighted by Gasteiger charge is 2.15. The number of carbonyl (C=O) groups excluding carboxylic acids is 1. The van der Waals surface area contributed by atoms with E-state index in [1.165, 1.54) is 0 Å². The minimum atomic E-state index is -0.502. The number of aromatic nitrogens is 1. The summed E-state index contributed by atoms with van der Waals surface area (Å²) in [5, 5.41) is 3.71. The average Bonchev–Trinajstić information content (AvgIpc) is 2.44. The molecule has 0 aliphatic heterocycles. The van der Waals surface area contributed by atoms with Crippen molar-refractivity contribution < 1.29 is 9.53 Å². The molecular weight excluding hydrogens is 276 g/mol. The van der Waals surface area contributed by atoms with E-state index in [9.17, 15) is 4.79 Å². The second-order valence-corrected chi connectivity index (χ2v) is 5.97. The molecule has 0 aliphatic rings. The molecule has 1 aromatic heterocycles. The number of rotatable bonds is 1. The zero-order chi connectivity index (χ0) is 16.2. The molecule has 2 rings (SSSR count). The number of ether oxygens (including phenoxy) is 1. The van der Waals surface area contributed by atoms with Gasteiger partial charge in [0.05, 0.1) is 12.1 Å². The minimum absolute atomic E-state index is 0.245. The van der Waals surface area contributed by atoms with Crippen LogP contribution in [0.15, 0.2) is 30.5 Å². The lowest BCUT2D eigenvalue weighted by atomic mass is 10.0. The molecular formula is C18H20N2O2. The van der Waals surface area contributed by atoms with E-state index in [-0.39, 0.29) is 6.54 Å². The first-order chi connectivity index (χ1) is 10.4. The van der Waals surface area contributed by atoms with Gasteiger partial charge in [0.25, 0.3) is 0 Å². The number of pyridine rings is 1. The maximum Gasteiger partial charge on any atom is 0.408 e. The largest absolute Gasteiger partial charge is 0.444 e. The fraction of sp³-hybridized carbons (Fsp3) is 0.333. The molecule has 2 aromatic rings. The Kier molecular flexibility index (Phi) is 4.67. The quantitative estimate of drug-likeness (QED) is 0.820. The van der Waals surface area contributed by atoms with E-state index in [1.54, 1.807) is 6.20 Å². The molecule has 114 valence electrons. The summed E-state index contributed by atoms with van der Waals surface area (Å²) in [6.45, 7) is 7.71. The van der Waals surface area contributed by atoms with Crippen molar-refractivity contribution in [3.8, 4) is 11.8 Å². The molecule has 0 bridgehead atoms. The Bertz CT molecular complexity index is 749. The molecule has 0 atom stereocenters. The molecule has 0 saturated heterocycles. The van der Waals surface area contributed by atoms with Crippen LogP contribution < -0.4 is 5.32 Å². The third kappa shape index (κ3) is 4.23. The van der Waals surface area contributed by atoms with Crippen LogP contribution in [0.25, 0.3) is 10.9 Å². The summed E-state index contributed by atoms with van der Waals surface area (Å²) in [6.07, 6.45) is 1.31. The number of aryl methyl sites for hydroxylation is 1. The first-order valence-corrected chi connectivity index (χ1v) is 7.17. The second-order valence-electron chi connectivity index (χ2n) is 5.97. The smallest absolute Gasteiger partial charge is 0.408 e. The van der Waals surface area contributed by atoms with Gasteiger partial charge in [0, 0.05) is 17.1 Å². The summed E-state index contributed by atoms with van der Waals surface area (Å²) < 4.78 is 5.14. The van der Waals surface area contributed by atoms with E-state index >= 15 is 0 Å². The molecule has 22 heavy (non-hydrogen) atoms. The summed E-state index contributed by atoms with van der Waals surface area (Å²) in [5.41, 5.74) is 2.41. The fourth-order valence-electron chi connectivity index (χ4n) is 2.00. The zero-order valence-corrected chi connectivity index (χ0v) is 13.4. The predicted octanol–water partition coefficient (Wildman–Crippen LogP) is 3.42. The summed E-state index contributed by atoms with van der Waals surface area (Å²) in [4.78, 5) is 15.9. The lowest BCUT2D eigenvalue weighted by Gasteiger charge is -2.19. The monoisotopic (exact) mass is 296 g/mol. The predicted molar refractivity (Wildman–Crippen MR) is 87.6 cm³/mol. The van der Waals surface area contributed by atoms with E-state index in [1.807, 2.05) is 52.0 Å². The van der Waals surface area contributed by atoms with Crippen molar-refractivity contribution in [1.82, 2.24) is 10.3 Å². The molecule has 0 saturated carbocycles. The summed E-state index contributed by atoms with van der Waals surface area (Å²) in [5.74, 6) is 6.00. The molecule has 0 fully saturated rings. The maximum absolute atomic E-state index is 11.5. The Hall–Kier alpha value is -2.54. The third-order valence-corrected chi connectivity index (χ3v) is 2.97. The SMILES string of the molecule is Cc1c(C#CCNC(=O)OC(C)(C)C)ccc2cccnc12. The van der Waals surface area contributed by atoms with E-state index in [0.717, 1.165) is 22.0 Å². The maximum atomic E-state index is 11.5. The van der Waals surface area contributed by atoms with Gasteiger partial charge >= 0.3 is 6.09 Å². The summed E-state index contributed by atoms with van der Waals surface area (Å²) in [7, 11) is 0. The van der Waals surface area contributed by atoms with Crippen LogP contribution in [0.3, 0.4) is 0 Å². The number of nitrogens with zero attached hydrogens (tertiary/aromatic N) is 1. The van der Waals surface area contributed by atoms with Gasteiger partial charge in [-0.2, -0.15) is 0 Å². The van der Waals surface area contributed by atoms with Gasteiger partial charge in [0.2, 0.25) is 0 Å². The van der Waals surface area contributed by atoms with Crippen LogP contribution in [-0.4, -0.2) is 23.2 Å². The van der Waals surface area contributed by atoms with Gasteiger partial charge in [-0.1, -0.05) is 24.0 Å².